The van der Waals surface area contributed by atoms with E-state index in [-0.39, 0.29) is 17.5 Å². The summed E-state index contributed by atoms with van der Waals surface area (Å²) in [6.45, 7) is 3.97. The molecule has 1 saturated heterocycles. The number of carbonyl (C=O) groups is 1. The molecule has 1 aromatic carbocycles. The molecule has 1 amide bonds. The Hall–Kier alpha value is -2.55. The molecule has 160 valence electrons. The first-order valence-electron chi connectivity index (χ1n) is 9.72. The predicted molar refractivity (Wildman–Crippen MR) is 106 cm³/mol. The summed E-state index contributed by atoms with van der Waals surface area (Å²) >= 11 is 5.83. The van der Waals surface area contributed by atoms with Gasteiger partial charge in [-0.2, -0.15) is 18.3 Å². The fourth-order valence-electron chi connectivity index (χ4n) is 3.99. The van der Waals surface area contributed by atoms with Crippen LogP contribution < -0.4 is 0 Å². The zero-order valence-corrected chi connectivity index (χ0v) is 17.3. The van der Waals surface area contributed by atoms with Crippen molar-refractivity contribution in [1.29, 1.82) is 0 Å². The molecule has 0 bridgehead atoms. The van der Waals surface area contributed by atoms with E-state index in [1.807, 2.05) is 24.3 Å². The molecule has 6 nitrogen and oxygen atoms in total. The lowest BCUT2D eigenvalue weighted by Crippen LogP contribution is -2.42. The molecule has 0 aliphatic carbocycles. The Balaban J connectivity index is 1.54. The zero-order chi connectivity index (χ0) is 21.6. The lowest BCUT2D eigenvalue weighted by molar-refractivity contribution is -0.142. The number of nitrogens with one attached hydrogen (secondary N) is 1. The maximum atomic E-state index is 13.1. The topological polar surface area (TPSA) is 66.8 Å². The molecule has 1 aliphatic rings. The van der Waals surface area contributed by atoms with Gasteiger partial charge in [0.25, 0.3) is 0 Å². The van der Waals surface area contributed by atoms with Gasteiger partial charge >= 0.3 is 6.18 Å². The number of H-pyrrole nitrogens is 1. The number of aromatic amines is 1. The third-order valence-electron chi connectivity index (χ3n) is 5.60. The number of para-hydroxylation sites is 2. The summed E-state index contributed by atoms with van der Waals surface area (Å²) in [4.78, 5) is 22.7. The number of halogens is 4. The van der Waals surface area contributed by atoms with E-state index in [9.17, 15) is 18.0 Å². The number of rotatable bonds is 3. The lowest BCUT2D eigenvalue weighted by Gasteiger charge is -2.33. The summed E-state index contributed by atoms with van der Waals surface area (Å²) in [7, 11) is 0. The molecule has 10 heteroatoms. The third kappa shape index (κ3) is 3.66. The molecule has 3 heterocycles. The van der Waals surface area contributed by atoms with Crippen LogP contribution in [0.4, 0.5) is 13.2 Å². The molecule has 0 radical (unpaired) electrons. The van der Waals surface area contributed by atoms with Crippen molar-refractivity contribution >= 4 is 28.5 Å². The second-order valence-electron chi connectivity index (χ2n) is 7.63. The standard InChI is InChI=1S/C20H21ClF3N5O/c1-11-16(21)17(20(22,23)24)27-29(11)12(2)19(30)28-9-5-6-13(10-28)18-25-14-7-3-4-8-15(14)26-18/h3-4,7-8,12-13H,5-6,9-10H2,1-2H3,(H,25,26). The van der Waals surface area contributed by atoms with Crippen molar-refractivity contribution in [1.82, 2.24) is 24.6 Å². The quantitative estimate of drug-likeness (QED) is 0.642. The van der Waals surface area contributed by atoms with Crippen molar-refractivity contribution in [3.63, 3.8) is 0 Å². The Morgan fingerprint density at radius 2 is 2.07 bits per heavy atom. The Morgan fingerprint density at radius 3 is 2.73 bits per heavy atom. The highest BCUT2D eigenvalue weighted by Gasteiger charge is 2.40. The SMILES string of the molecule is Cc1c(Cl)c(C(F)(F)F)nn1C(C)C(=O)N1CCCC(c2nc3ccccc3[nH]2)C1. The van der Waals surface area contributed by atoms with Gasteiger partial charge in [-0.05, 0) is 38.8 Å². The first-order chi connectivity index (χ1) is 14.2. The molecule has 1 aliphatic heterocycles. The maximum Gasteiger partial charge on any atom is 0.436 e. The summed E-state index contributed by atoms with van der Waals surface area (Å²) in [5.41, 5.74) is 0.757. The van der Waals surface area contributed by atoms with Crippen molar-refractivity contribution in [2.75, 3.05) is 13.1 Å². The monoisotopic (exact) mass is 439 g/mol. The van der Waals surface area contributed by atoms with E-state index in [0.29, 0.717) is 13.1 Å². The van der Waals surface area contributed by atoms with Crippen molar-refractivity contribution < 1.29 is 18.0 Å². The molecule has 4 rings (SSSR count). The summed E-state index contributed by atoms with van der Waals surface area (Å²) in [5, 5.41) is 3.12. The lowest BCUT2D eigenvalue weighted by atomic mass is 9.97. The second-order valence-corrected chi connectivity index (χ2v) is 8.01. The molecular weight excluding hydrogens is 419 g/mol. The van der Waals surface area contributed by atoms with Crippen LogP contribution in [0.1, 0.15) is 48.9 Å². The van der Waals surface area contributed by atoms with Gasteiger partial charge in [0.15, 0.2) is 5.69 Å². The van der Waals surface area contributed by atoms with Gasteiger partial charge < -0.3 is 9.88 Å². The predicted octanol–water partition coefficient (Wildman–Crippen LogP) is 4.71. The van der Waals surface area contributed by atoms with Crippen LogP contribution in [0.3, 0.4) is 0 Å². The van der Waals surface area contributed by atoms with Crippen LogP contribution in [-0.4, -0.2) is 43.6 Å². The minimum Gasteiger partial charge on any atom is -0.342 e. The number of piperidine rings is 1. The van der Waals surface area contributed by atoms with Gasteiger partial charge in [-0.25, -0.2) is 4.98 Å². The van der Waals surface area contributed by atoms with Crippen molar-refractivity contribution in [3.8, 4) is 0 Å². The number of benzene rings is 1. The molecule has 2 aromatic heterocycles. The van der Waals surface area contributed by atoms with E-state index in [0.717, 1.165) is 34.4 Å². The average molecular weight is 440 g/mol. The van der Waals surface area contributed by atoms with Crippen molar-refractivity contribution in [2.24, 2.45) is 0 Å². The van der Waals surface area contributed by atoms with Crippen LogP contribution in [0.25, 0.3) is 11.0 Å². The van der Waals surface area contributed by atoms with Gasteiger partial charge in [0.1, 0.15) is 11.9 Å². The normalized spacial score (nSPS) is 18.7. The number of alkyl halides is 3. The van der Waals surface area contributed by atoms with Crippen LogP contribution in [-0.2, 0) is 11.0 Å². The number of carbonyl (C=O) groups excluding carboxylic acids is 1. The van der Waals surface area contributed by atoms with E-state index in [4.69, 9.17) is 11.6 Å². The third-order valence-corrected chi connectivity index (χ3v) is 6.05. The van der Waals surface area contributed by atoms with E-state index in [1.165, 1.54) is 6.92 Å². The summed E-state index contributed by atoms with van der Waals surface area (Å²) in [6, 6.07) is 6.81. The largest absolute Gasteiger partial charge is 0.436 e. The van der Waals surface area contributed by atoms with E-state index >= 15 is 0 Å². The number of imidazole rings is 1. The number of hydrogen-bond donors (Lipinski definition) is 1. The number of aromatic nitrogens is 4. The van der Waals surface area contributed by atoms with Crippen molar-refractivity contribution in [2.45, 2.75) is 44.8 Å². The molecule has 3 aromatic rings. The highest BCUT2D eigenvalue weighted by atomic mass is 35.5. The average Bonchev–Trinajstić information content (AvgIpc) is 3.28. The van der Waals surface area contributed by atoms with Crippen LogP contribution in [0.2, 0.25) is 5.02 Å². The maximum absolute atomic E-state index is 13.1. The Labute approximate surface area is 176 Å². The first kappa shape index (κ1) is 20.7. The summed E-state index contributed by atoms with van der Waals surface area (Å²) in [6.07, 6.45) is -3.01. The molecule has 2 atom stereocenters. The van der Waals surface area contributed by atoms with Gasteiger partial charge in [0.05, 0.1) is 21.7 Å². The van der Waals surface area contributed by atoms with Gasteiger partial charge in [-0.1, -0.05) is 23.7 Å². The highest BCUT2D eigenvalue weighted by Crippen LogP contribution is 2.36. The van der Waals surface area contributed by atoms with Gasteiger partial charge in [0, 0.05) is 19.0 Å². The minimum atomic E-state index is -4.67. The molecular formula is C20H21ClF3N5O. The van der Waals surface area contributed by atoms with E-state index in [2.05, 4.69) is 15.1 Å². The molecule has 0 spiro atoms. The molecule has 1 fully saturated rings. The summed E-state index contributed by atoms with van der Waals surface area (Å²) < 4.78 is 40.4. The van der Waals surface area contributed by atoms with Gasteiger partial charge in [-0.15, -0.1) is 0 Å². The smallest absolute Gasteiger partial charge is 0.342 e. The van der Waals surface area contributed by atoms with Crippen LogP contribution >= 0.6 is 11.6 Å². The van der Waals surface area contributed by atoms with E-state index in [1.54, 1.807) is 11.8 Å². The summed E-state index contributed by atoms with van der Waals surface area (Å²) in [5.74, 6) is 0.571. The highest BCUT2D eigenvalue weighted by molar-refractivity contribution is 6.32. The fraction of sp³-hybridized carbons (Fsp3) is 0.450. The van der Waals surface area contributed by atoms with Gasteiger partial charge in [0.2, 0.25) is 5.91 Å². The molecule has 30 heavy (non-hydrogen) atoms. The van der Waals surface area contributed by atoms with Crippen molar-refractivity contribution in [3.05, 3.63) is 46.5 Å². The Morgan fingerprint density at radius 1 is 1.33 bits per heavy atom. The number of fused-ring (bicyclic) bond motifs is 1. The van der Waals surface area contributed by atoms with Crippen LogP contribution in [0, 0.1) is 6.92 Å². The number of nitrogens with zero attached hydrogens (tertiary/aromatic N) is 4. The molecule has 2 unspecified atom stereocenters. The van der Waals surface area contributed by atoms with Crippen LogP contribution in [0.15, 0.2) is 24.3 Å². The minimum absolute atomic E-state index is 0.0374. The zero-order valence-electron chi connectivity index (χ0n) is 16.5. The number of likely N-dealkylation sites (tertiary alicyclic amines) is 1. The Kier molecular flexibility index (Phi) is 5.25. The van der Waals surface area contributed by atoms with Crippen LogP contribution in [0.5, 0.6) is 0 Å². The van der Waals surface area contributed by atoms with E-state index < -0.39 is 22.9 Å². The number of amides is 1. The second kappa shape index (κ2) is 7.61. The Bertz CT molecular complexity index is 1060. The fourth-order valence-corrected chi connectivity index (χ4v) is 4.22. The molecule has 1 N–H and O–H groups in total. The number of hydrogen-bond acceptors (Lipinski definition) is 3. The van der Waals surface area contributed by atoms with Gasteiger partial charge in [-0.3, -0.25) is 9.48 Å². The first-order valence-corrected chi connectivity index (χ1v) is 10.1. The molecule has 0 saturated carbocycles.